The number of aromatic nitrogens is 1. The molecule has 4 nitrogen and oxygen atoms in total. The van der Waals surface area contributed by atoms with Gasteiger partial charge in [-0.1, -0.05) is 26.8 Å². The summed E-state index contributed by atoms with van der Waals surface area (Å²) in [5.41, 5.74) is 0.627. The molecule has 0 bridgehead atoms. The van der Waals surface area contributed by atoms with Crippen molar-refractivity contribution in [2.24, 2.45) is 11.3 Å². The average molecular weight is 262 g/mol. The molecule has 1 aliphatic carbocycles. The third kappa shape index (κ3) is 4.63. The summed E-state index contributed by atoms with van der Waals surface area (Å²) in [7, 11) is 0. The third-order valence-corrected chi connectivity index (χ3v) is 3.07. The summed E-state index contributed by atoms with van der Waals surface area (Å²) in [6.45, 7) is 7.08. The number of rotatable bonds is 5. The first-order valence-electron chi connectivity index (χ1n) is 6.79. The van der Waals surface area contributed by atoms with Crippen LogP contribution in [0.1, 0.15) is 39.2 Å². The molecule has 4 heteroatoms. The highest BCUT2D eigenvalue weighted by atomic mass is 16.5. The van der Waals surface area contributed by atoms with Crippen molar-refractivity contribution in [2.45, 2.75) is 40.2 Å². The van der Waals surface area contributed by atoms with E-state index in [-0.39, 0.29) is 5.91 Å². The predicted molar refractivity (Wildman–Crippen MR) is 74.7 cm³/mol. The van der Waals surface area contributed by atoms with Crippen LogP contribution in [0.25, 0.3) is 0 Å². The zero-order chi connectivity index (χ0) is 13.9. The third-order valence-electron chi connectivity index (χ3n) is 3.07. The Morgan fingerprint density at radius 1 is 1.42 bits per heavy atom. The van der Waals surface area contributed by atoms with Crippen molar-refractivity contribution in [3.63, 3.8) is 0 Å². The van der Waals surface area contributed by atoms with Crippen molar-refractivity contribution >= 4 is 11.7 Å². The summed E-state index contributed by atoms with van der Waals surface area (Å²) < 4.78 is 5.59. The number of carbonyl (C=O) groups excluding carboxylic acids is 1. The van der Waals surface area contributed by atoms with Crippen LogP contribution in [0, 0.1) is 11.3 Å². The number of pyridine rings is 1. The summed E-state index contributed by atoms with van der Waals surface area (Å²) in [6, 6.07) is 3.76. The molecule has 0 atom stereocenters. The first-order chi connectivity index (χ1) is 8.95. The quantitative estimate of drug-likeness (QED) is 0.887. The van der Waals surface area contributed by atoms with Crippen molar-refractivity contribution < 1.29 is 9.53 Å². The summed E-state index contributed by atoms with van der Waals surface area (Å²) in [5, 5.41) is 2.80. The lowest BCUT2D eigenvalue weighted by Gasteiger charge is -2.17. The minimum absolute atomic E-state index is 0.0299. The predicted octanol–water partition coefficient (Wildman–Crippen LogP) is 2.99. The monoisotopic (exact) mass is 262 g/mol. The Morgan fingerprint density at radius 2 is 2.16 bits per heavy atom. The van der Waals surface area contributed by atoms with Gasteiger partial charge in [0.1, 0.15) is 5.82 Å². The Labute approximate surface area is 114 Å². The standard InChI is InChI=1S/C15H22N2O2/c1-15(2,3)14(18)17-13-7-6-12(8-16-13)10-19-9-11-4-5-11/h6-8,11H,4-5,9-10H2,1-3H3,(H,16,17,18). The molecule has 1 N–H and O–H groups in total. The summed E-state index contributed by atoms with van der Waals surface area (Å²) in [5.74, 6) is 1.34. The molecule has 1 fully saturated rings. The van der Waals surface area contributed by atoms with E-state index in [1.54, 1.807) is 6.20 Å². The van der Waals surface area contributed by atoms with Gasteiger partial charge in [-0.15, -0.1) is 0 Å². The molecule has 0 spiro atoms. The molecule has 0 aliphatic heterocycles. The molecular formula is C15H22N2O2. The van der Waals surface area contributed by atoms with Crippen LogP contribution in [0.3, 0.4) is 0 Å². The zero-order valence-electron chi connectivity index (χ0n) is 11.9. The fraction of sp³-hybridized carbons (Fsp3) is 0.600. The van der Waals surface area contributed by atoms with Crippen LogP contribution in [0.5, 0.6) is 0 Å². The lowest BCUT2D eigenvalue weighted by Crippen LogP contribution is -2.27. The fourth-order valence-electron chi connectivity index (χ4n) is 1.52. The number of carbonyl (C=O) groups is 1. The average Bonchev–Trinajstić information content (AvgIpc) is 3.14. The Kier molecular flexibility index (Phi) is 4.20. The molecule has 1 saturated carbocycles. The van der Waals surface area contributed by atoms with Crippen molar-refractivity contribution in [3.8, 4) is 0 Å². The Bertz CT molecular complexity index is 430. The van der Waals surface area contributed by atoms with E-state index in [1.807, 2.05) is 32.9 Å². The lowest BCUT2D eigenvalue weighted by atomic mass is 9.96. The maximum Gasteiger partial charge on any atom is 0.230 e. The van der Waals surface area contributed by atoms with Gasteiger partial charge in [0.2, 0.25) is 5.91 Å². The van der Waals surface area contributed by atoms with Crippen LogP contribution in [0.15, 0.2) is 18.3 Å². The lowest BCUT2D eigenvalue weighted by molar-refractivity contribution is -0.123. The van der Waals surface area contributed by atoms with Gasteiger partial charge in [-0.3, -0.25) is 4.79 Å². The van der Waals surface area contributed by atoms with Crippen LogP contribution < -0.4 is 5.32 Å². The first kappa shape index (κ1) is 14.0. The maximum absolute atomic E-state index is 11.8. The molecule has 0 saturated heterocycles. The second kappa shape index (κ2) is 5.70. The second-order valence-corrected chi connectivity index (χ2v) is 6.21. The number of anilines is 1. The Hall–Kier alpha value is -1.42. The van der Waals surface area contributed by atoms with Gasteiger partial charge in [0.05, 0.1) is 6.61 Å². The number of hydrogen-bond donors (Lipinski definition) is 1. The molecule has 1 aromatic rings. The summed E-state index contributed by atoms with van der Waals surface area (Å²) in [4.78, 5) is 16.0. The van der Waals surface area contributed by atoms with Crippen LogP contribution >= 0.6 is 0 Å². The molecule has 1 heterocycles. The van der Waals surface area contributed by atoms with E-state index in [9.17, 15) is 4.79 Å². The zero-order valence-corrected chi connectivity index (χ0v) is 11.9. The van der Waals surface area contributed by atoms with E-state index >= 15 is 0 Å². The van der Waals surface area contributed by atoms with Gasteiger partial charge in [-0.25, -0.2) is 4.98 Å². The highest BCUT2D eigenvalue weighted by Gasteiger charge is 2.22. The second-order valence-electron chi connectivity index (χ2n) is 6.21. The number of nitrogens with one attached hydrogen (secondary N) is 1. The van der Waals surface area contributed by atoms with E-state index in [4.69, 9.17) is 4.74 Å². The van der Waals surface area contributed by atoms with Crippen molar-refractivity contribution in [1.82, 2.24) is 4.98 Å². The molecule has 2 rings (SSSR count). The molecule has 0 radical (unpaired) electrons. The van der Waals surface area contributed by atoms with E-state index < -0.39 is 5.41 Å². The number of hydrogen-bond acceptors (Lipinski definition) is 3. The Morgan fingerprint density at radius 3 is 2.68 bits per heavy atom. The minimum atomic E-state index is -0.409. The minimum Gasteiger partial charge on any atom is -0.376 e. The molecule has 0 unspecified atom stereocenters. The van der Waals surface area contributed by atoms with Crippen molar-refractivity contribution in [2.75, 3.05) is 11.9 Å². The normalized spacial score (nSPS) is 15.3. The van der Waals surface area contributed by atoms with Crippen LogP contribution in [-0.2, 0) is 16.1 Å². The molecule has 0 aromatic carbocycles. The molecule has 1 amide bonds. The van der Waals surface area contributed by atoms with Gasteiger partial charge in [0.25, 0.3) is 0 Å². The number of ether oxygens (including phenoxy) is 1. The van der Waals surface area contributed by atoms with Gasteiger partial charge >= 0.3 is 0 Å². The van der Waals surface area contributed by atoms with Crippen LogP contribution in [-0.4, -0.2) is 17.5 Å². The summed E-state index contributed by atoms with van der Waals surface area (Å²) in [6.07, 6.45) is 4.36. The largest absolute Gasteiger partial charge is 0.376 e. The van der Waals surface area contributed by atoms with Crippen LogP contribution in [0.4, 0.5) is 5.82 Å². The van der Waals surface area contributed by atoms with E-state index in [2.05, 4.69) is 10.3 Å². The van der Waals surface area contributed by atoms with E-state index in [0.29, 0.717) is 12.4 Å². The molecule has 1 aliphatic rings. The first-order valence-corrected chi connectivity index (χ1v) is 6.79. The van der Waals surface area contributed by atoms with Gasteiger partial charge in [-0.2, -0.15) is 0 Å². The van der Waals surface area contributed by atoms with Gasteiger partial charge in [0, 0.05) is 18.2 Å². The molecular weight excluding hydrogens is 240 g/mol. The molecule has 104 valence electrons. The van der Waals surface area contributed by atoms with E-state index in [0.717, 1.165) is 18.1 Å². The molecule has 1 aromatic heterocycles. The SMILES string of the molecule is CC(C)(C)C(=O)Nc1ccc(COCC2CC2)cn1. The maximum atomic E-state index is 11.8. The van der Waals surface area contributed by atoms with E-state index in [1.165, 1.54) is 12.8 Å². The highest BCUT2D eigenvalue weighted by Crippen LogP contribution is 2.29. The van der Waals surface area contributed by atoms with Gasteiger partial charge in [0.15, 0.2) is 0 Å². The fourth-order valence-corrected chi connectivity index (χ4v) is 1.52. The highest BCUT2D eigenvalue weighted by molar-refractivity contribution is 5.93. The smallest absolute Gasteiger partial charge is 0.230 e. The van der Waals surface area contributed by atoms with Gasteiger partial charge in [-0.05, 0) is 30.4 Å². The number of nitrogens with zero attached hydrogens (tertiary/aromatic N) is 1. The van der Waals surface area contributed by atoms with Crippen molar-refractivity contribution in [3.05, 3.63) is 23.9 Å². The topological polar surface area (TPSA) is 51.2 Å². The summed E-state index contributed by atoms with van der Waals surface area (Å²) >= 11 is 0. The Balaban J connectivity index is 1.81. The van der Waals surface area contributed by atoms with Crippen LogP contribution in [0.2, 0.25) is 0 Å². The number of amides is 1. The molecule has 19 heavy (non-hydrogen) atoms. The van der Waals surface area contributed by atoms with Gasteiger partial charge < -0.3 is 10.1 Å². The van der Waals surface area contributed by atoms with Crippen molar-refractivity contribution in [1.29, 1.82) is 0 Å².